The molecule has 0 spiro atoms. The molecular weight excluding hydrogens is 460 g/mol. The molecular formula is C27H32N4O5. The third-order valence-corrected chi connectivity index (χ3v) is 4.96. The molecule has 3 aromatic rings. The third-order valence-electron chi connectivity index (χ3n) is 4.96. The summed E-state index contributed by atoms with van der Waals surface area (Å²) in [6.45, 7) is 15.1. The maximum Gasteiger partial charge on any atom is 0.337 e. The summed E-state index contributed by atoms with van der Waals surface area (Å²) in [7, 11) is 0. The van der Waals surface area contributed by atoms with Crippen LogP contribution in [0.3, 0.4) is 0 Å². The Morgan fingerprint density at radius 2 is 1.67 bits per heavy atom. The highest BCUT2D eigenvalue weighted by Crippen LogP contribution is 2.22. The summed E-state index contributed by atoms with van der Waals surface area (Å²) in [6.07, 6.45) is 4.64. The van der Waals surface area contributed by atoms with E-state index in [2.05, 4.69) is 26.5 Å². The van der Waals surface area contributed by atoms with Crippen molar-refractivity contribution in [1.29, 1.82) is 0 Å². The van der Waals surface area contributed by atoms with Crippen LogP contribution in [0.15, 0.2) is 52.3 Å². The van der Waals surface area contributed by atoms with Gasteiger partial charge in [0.15, 0.2) is 0 Å². The number of H-pyrrole nitrogens is 3. The number of nitrogens with one attached hydrogen (secondary N) is 3. The lowest BCUT2D eigenvalue weighted by Crippen LogP contribution is -2.46. The van der Waals surface area contributed by atoms with Crippen molar-refractivity contribution >= 4 is 18.1 Å². The molecule has 2 aromatic heterocycles. The smallest absolute Gasteiger partial charge is 0.337 e. The Bertz CT molecular complexity index is 1510. The van der Waals surface area contributed by atoms with E-state index in [4.69, 9.17) is 9.47 Å². The number of esters is 1. The number of nitrogens with zero attached hydrogens (tertiary/aromatic N) is 1. The number of hydrogen-bond donors (Lipinski definition) is 3. The molecule has 0 bridgehead atoms. The maximum absolute atomic E-state index is 12.7. The molecule has 1 aromatic carbocycles. The normalized spacial score (nSPS) is 13.1. The van der Waals surface area contributed by atoms with Gasteiger partial charge in [-0.3, -0.25) is 9.59 Å². The molecule has 0 aliphatic carbocycles. The van der Waals surface area contributed by atoms with E-state index >= 15 is 0 Å². The van der Waals surface area contributed by atoms with Gasteiger partial charge in [-0.25, -0.2) is 9.78 Å². The number of rotatable bonds is 6. The zero-order valence-corrected chi connectivity index (χ0v) is 21.4. The fourth-order valence-corrected chi connectivity index (χ4v) is 3.29. The van der Waals surface area contributed by atoms with E-state index in [9.17, 15) is 14.4 Å². The van der Waals surface area contributed by atoms with Crippen molar-refractivity contribution < 1.29 is 14.3 Å². The molecule has 0 unspecified atom stereocenters. The molecule has 0 saturated heterocycles. The summed E-state index contributed by atoms with van der Waals surface area (Å²) in [5.41, 5.74) is 0.481. The molecule has 9 heteroatoms. The lowest BCUT2D eigenvalue weighted by atomic mass is 9.90. The first-order valence-electron chi connectivity index (χ1n) is 11.5. The molecule has 0 aliphatic heterocycles. The first kappa shape index (κ1) is 26.5. The lowest BCUT2D eigenvalue weighted by Gasteiger charge is -2.20. The number of aromatic nitrogens is 4. The van der Waals surface area contributed by atoms with E-state index in [1.807, 2.05) is 20.8 Å². The topological polar surface area (TPSA) is 130 Å². The molecule has 0 amide bonds. The monoisotopic (exact) mass is 492 g/mol. The molecule has 3 rings (SSSR count). The highest BCUT2D eigenvalue weighted by atomic mass is 16.6. The Balaban J connectivity index is 1.84. The second kappa shape index (κ2) is 10.2. The Hall–Kier alpha value is -4.14. The van der Waals surface area contributed by atoms with Gasteiger partial charge in [-0.15, -0.1) is 0 Å². The number of imidazole rings is 1. The first-order chi connectivity index (χ1) is 16.7. The van der Waals surface area contributed by atoms with Crippen LogP contribution < -0.4 is 26.6 Å². The van der Waals surface area contributed by atoms with E-state index in [0.717, 1.165) is 5.69 Å². The average Bonchev–Trinajstić information content (AvgIpc) is 3.23. The predicted molar refractivity (Wildman–Crippen MR) is 138 cm³/mol. The fourth-order valence-electron chi connectivity index (χ4n) is 3.29. The van der Waals surface area contributed by atoms with Gasteiger partial charge in [0, 0.05) is 11.1 Å². The Morgan fingerprint density at radius 1 is 1.03 bits per heavy atom. The van der Waals surface area contributed by atoms with Gasteiger partial charge in [0.05, 0.1) is 17.6 Å². The van der Waals surface area contributed by atoms with E-state index in [1.165, 1.54) is 6.08 Å². The van der Waals surface area contributed by atoms with Gasteiger partial charge >= 0.3 is 5.97 Å². The van der Waals surface area contributed by atoms with Crippen LogP contribution >= 0.6 is 0 Å². The molecule has 0 saturated carbocycles. The predicted octanol–water partition coefficient (Wildman–Crippen LogP) is 2.02. The van der Waals surface area contributed by atoms with Gasteiger partial charge in [-0.2, -0.15) is 0 Å². The van der Waals surface area contributed by atoms with Gasteiger partial charge < -0.3 is 24.4 Å². The van der Waals surface area contributed by atoms with Gasteiger partial charge in [0.2, 0.25) is 0 Å². The quantitative estimate of drug-likeness (QED) is 0.357. The van der Waals surface area contributed by atoms with Crippen molar-refractivity contribution in [3.05, 3.63) is 91.1 Å². The molecule has 3 N–H and O–H groups in total. The SMILES string of the molecule is C=C(COc1cccc(/C=c2\[nH]c(=O)/c(=C/c3nc[nH]c3C(C)(C)C)[nH]c2=O)c1)C(=O)OC(C)(C)C. The third kappa shape index (κ3) is 6.94. The first-order valence-corrected chi connectivity index (χ1v) is 11.5. The van der Waals surface area contributed by atoms with E-state index < -0.39 is 22.7 Å². The van der Waals surface area contributed by atoms with Crippen LogP contribution in [-0.4, -0.2) is 38.1 Å². The van der Waals surface area contributed by atoms with Crippen molar-refractivity contribution in [3.63, 3.8) is 0 Å². The Kier molecular flexibility index (Phi) is 7.52. The Morgan fingerprint density at radius 3 is 2.28 bits per heavy atom. The Labute approximate surface area is 208 Å². The minimum absolute atomic E-state index is 0.0515. The summed E-state index contributed by atoms with van der Waals surface area (Å²) in [5.74, 6) is -0.0684. The van der Waals surface area contributed by atoms with Crippen molar-refractivity contribution in [1.82, 2.24) is 19.9 Å². The number of ether oxygens (including phenoxy) is 2. The average molecular weight is 493 g/mol. The van der Waals surface area contributed by atoms with Gasteiger partial charge in [0.1, 0.15) is 28.7 Å². The molecule has 0 radical (unpaired) electrons. The lowest BCUT2D eigenvalue weighted by molar-refractivity contribution is -0.150. The maximum atomic E-state index is 12.7. The van der Waals surface area contributed by atoms with E-state index in [1.54, 1.807) is 57.4 Å². The highest BCUT2D eigenvalue weighted by molar-refractivity contribution is 5.88. The molecule has 0 atom stereocenters. The minimum Gasteiger partial charge on any atom is -0.489 e. The fraction of sp³-hybridized carbons (Fsp3) is 0.333. The standard InChI is InChI=1S/C27H32N4O5/c1-16(25(34)36-27(5,6)7)14-35-18-10-8-9-17(11-18)12-20-23(32)31-21(24(33)30-20)13-19-22(26(2,3)4)29-15-28-19/h8-13,15H,1,14H2,2-7H3,(H,28,29)(H,30,33)(H,31,32)/b20-12-,21-13-. The number of benzene rings is 1. The van der Waals surface area contributed by atoms with Crippen LogP contribution in [-0.2, 0) is 14.9 Å². The van der Waals surface area contributed by atoms with Crippen LogP contribution in [0.1, 0.15) is 58.5 Å². The number of carbonyl (C=O) groups is 1. The van der Waals surface area contributed by atoms with Crippen molar-refractivity contribution in [2.24, 2.45) is 0 Å². The molecule has 36 heavy (non-hydrogen) atoms. The molecule has 0 aliphatic rings. The second-order valence-corrected chi connectivity index (χ2v) is 10.4. The van der Waals surface area contributed by atoms with Gasteiger partial charge in [-0.1, -0.05) is 39.5 Å². The summed E-state index contributed by atoms with van der Waals surface area (Å²) in [5, 5.41) is 0.193. The second-order valence-electron chi connectivity index (χ2n) is 10.4. The zero-order valence-electron chi connectivity index (χ0n) is 21.4. The largest absolute Gasteiger partial charge is 0.489 e. The van der Waals surface area contributed by atoms with E-state index in [-0.39, 0.29) is 28.3 Å². The summed E-state index contributed by atoms with van der Waals surface area (Å²) < 4.78 is 10.9. The molecule has 190 valence electrons. The van der Waals surface area contributed by atoms with Gasteiger partial charge in [0.25, 0.3) is 11.1 Å². The summed E-state index contributed by atoms with van der Waals surface area (Å²) in [4.78, 5) is 50.1. The van der Waals surface area contributed by atoms with Crippen LogP contribution in [0.5, 0.6) is 5.75 Å². The molecule has 2 heterocycles. The number of aromatic amines is 3. The van der Waals surface area contributed by atoms with Crippen LogP contribution in [0, 0.1) is 0 Å². The van der Waals surface area contributed by atoms with E-state index in [0.29, 0.717) is 17.0 Å². The van der Waals surface area contributed by atoms with Crippen molar-refractivity contribution in [2.75, 3.05) is 6.61 Å². The molecule has 0 fully saturated rings. The minimum atomic E-state index is -0.626. The zero-order chi connectivity index (χ0) is 26.7. The van der Waals surface area contributed by atoms with Gasteiger partial charge in [-0.05, 0) is 50.6 Å². The van der Waals surface area contributed by atoms with Crippen LogP contribution in [0.4, 0.5) is 0 Å². The summed E-state index contributed by atoms with van der Waals surface area (Å²) >= 11 is 0. The van der Waals surface area contributed by atoms with Crippen molar-refractivity contribution in [2.45, 2.75) is 52.6 Å². The van der Waals surface area contributed by atoms with Crippen LogP contribution in [0.2, 0.25) is 0 Å². The number of carbonyl (C=O) groups excluding carboxylic acids is 1. The number of hydrogen-bond acceptors (Lipinski definition) is 6. The van der Waals surface area contributed by atoms with Crippen LogP contribution in [0.25, 0.3) is 12.2 Å². The summed E-state index contributed by atoms with van der Waals surface area (Å²) in [6, 6.07) is 6.88. The molecule has 9 nitrogen and oxygen atoms in total. The van der Waals surface area contributed by atoms with Crippen molar-refractivity contribution in [3.8, 4) is 5.75 Å². The highest BCUT2D eigenvalue weighted by Gasteiger charge is 2.20.